The molecule has 1 heterocycles. The summed E-state index contributed by atoms with van der Waals surface area (Å²) in [5.74, 6) is -0.0453. The lowest BCUT2D eigenvalue weighted by molar-refractivity contribution is 0.0956. The highest BCUT2D eigenvalue weighted by Gasteiger charge is 2.07. The van der Waals surface area contributed by atoms with Gasteiger partial charge in [-0.25, -0.2) is 0 Å². The maximum absolute atomic E-state index is 11.8. The number of anilines is 1. The second kappa shape index (κ2) is 6.23. The molecule has 0 saturated heterocycles. The van der Waals surface area contributed by atoms with Crippen molar-refractivity contribution in [3.8, 4) is 0 Å². The van der Waals surface area contributed by atoms with E-state index in [0.717, 1.165) is 16.9 Å². The van der Waals surface area contributed by atoms with Crippen molar-refractivity contribution in [2.75, 3.05) is 11.9 Å². The fourth-order valence-corrected chi connectivity index (χ4v) is 1.98. The van der Waals surface area contributed by atoms with Crippen LogP contribution in [0.15, 0.2) is 30.5 Å². The summed E-state index contributed by atoms with van der Waals surface area (Å²) in [7, 11) is 1.91. The van der Waals surface area contributed by atoms with Crippen LogP contribution in [0.4, 0.5) is 5.69 Å². The van der Waals surface area contributed by atoms with Gasteiger partial charge in [0, 0.05) is 31.0 Å². The molecule has 0 spiro atoms. The summed E-state index contributed by atoms with van der Waals surface area (Å²) in [4.78, 5) is 11.8. The molecule has 0 bridgehead atoms. The predicted molar refractivity (Wildman–Crippen MR) is 79.7 cm³/mol. The van der Waals surface area contributed by atoms with E-state index in [4.69, 9.17) is 0 Å². The molecule has 2 aromatic rings. The first-order valence-electron chi connectivity index (χ1n) is 6.71. The van der Waals surface area contributed by atoms with Gasteiger partial charge in [-0.05, 0) is 37.6 Å². The van der Waals surface area contributed by atoms with Crippen LogP contribution in [-0.4, -0.2) is 22.2 Å². The van der Waals surface area contributed by atoms with Gasteiger partial charge in [0.25, 0.3) is 5.91 Å². The van der Waals surface area contributed by atoms with Crippen LogP contribution in [0.2, 0.25) is 0 Å². The number of nitrogens with zero attached hydrogens (tertiary/aromatic N) is 2. The van der Waals surface area contributed by atoms with E-state index in [2.05, 4.69) is 15.7 Å². The fourth-order valence-electron chi connectivity index (χ4n) is 1.98. The van der Waals surface area contributed by atoms with E-state index in [1.165, 1.54) is 0 Å². The summed E-state index contributed by atoms with van der Waals surface area (Å²) in [6.45, 7) is 5.24. The van der Waals surface area contributed by atoms with Crippen LogP contribution in [0.5, 0.6) is 0 Å². The maximum atomic E-state index is 11.8. The molecule has 5 heteroatoms. The maximum Gasteiger partial charge on any atom is 0.251 e. The Labute approximate surface area is 119 Å². The van der Waals surface area contributed by atoms with E-state index < -0.39 is 0 Å². The zero-order valence-electron chi connectivity index (χ0n) is 12.1. The molecule has 0 unspecified atom stereocenters. The Morgan fingerprint density at radius 2 is 2.15 bits per heavy atom. The second-order valence-electron chi connectivity index (χ2n) is 4.69. The van der Waals surface area contributed by atoms with Gasteiger partial charge in [0.1, 0.15) is 0 Å². The number of nitrogens with one attached hydrogen (secondary N) is 2. The van der Waals surface area contributed by atoms with Gasteiger partial charge in [-0.3, -0.25) is 9.48 Å². The lowest BCUT2D eigenvalue weighted by atomic mass is 10.1. The Balaban J connectivity index is 2.12. The molecule has 0 aliphatic rings. The molecule has 1 aromatic heterocycles. The summed E-state index contributed by atoms with van der Waals surface area (Å²) in [6.07, 6.45) is 1.77. The van der Waals surface area contributed by atoms with Crippen molar-refractivity contribution in [1.82, 2.24) is 15.1 Å². The molecule has 0 aliphatic heterocycles. The second-order valence-corrected chi connectivity index (χ2v) is 4.69. The van der Waals surface area contributed by atoms with E-state index in [1.54, 1.807) is 6.20 Å². The SMILES string of the molecule is CCNC(=O)c1ccc(C)c(NCc2ccnn2C)c1. The minimum Gasteiger partial charge on any atom is -0.379 e. The standard InChI is InChI=1S/C15H20N4O/c1-4-16-15(20)12-6-5-11(2)14(9-12)17-10-13-7-8-18-19(13)3/h5-9,17H,4,10H2,1-3H3,(H,16,20). The lowest BCUT2D eigenvalue weighted by Gasteiger charge is -2.11. The molecule has 0 fully saturated rings. The van der Waals surface area contributed by atoms with Gasteiger partial charge < -0.3 is 10.6 Å². The number of rotatable bonds is 5. The molecule has 2 N–H and O–H groups in total. The molecule has 2 rings (SSSR count). The summed E-state index contributed by atoms with van der Waals surface area (Å²) in [5, 5.41) is 10.3. The Hall–Kier alpha value is -2.30. The molecular weight excluding hydrogens is 252 g/mol. The summed E-state index contributed by atoms with van der Waals surface area (Å²) >= 11 is 0. The van der Waals surface area contributed by atoms with E-state index in [9.17, 15) is 4.79 Å². The number of hydrogen-bond acceptors (Lipinski definition) is 3. The van der Waals surface area contributed by atoms with Crippen molar-refractivity contribution in [3.05, 3.63) is 47.3 Å². The number of aromatic nitrogens is 2. The molecule has 106 valence electrons. The number of hydrogen-bond donors (Lipinski definition) is 2. The quantitative estimate of drug-likeness (QED) is 0.876. The lowest BCUT2D eigenvalue weighted by Crippen LogP contribution is -2.22. The fraction of sp³-hybridized carbons (Fsp3) is 0.333. The molecule has 0 aliphatic carbocycles. The Kier molecular flexibility index (Phi) is 4.40. The smallest absolute Gasteiger partial charge is 0.251 e. The summed E-state index contributed by atoms with van der Waals surface area (Å²) in [6, 6.07) is 7.65. The van der Waals surface area contributed by atoms with E-state index in [-0.39, 0.29) is 5.91 Å². The van der Waals surface area contributed by atoms with Crippen LogP contribution >= 0.6 is 0 Å². The van der Waals surface area contributed by atoms with Crippen molar-refractivity contribution in [1.29, 1.82) is 0 Å². The van der Waals surface area contributed by atoms with Gasteiger partial charge in [-0.15, -0.1) is 0 Å². The van der Waals surface area contributed by atoms with Gasteiger partial charge in [0.15, 0.2) is 0 Å². The molecule has 0 saturated carbocycles. The highest BCUT2D eigenvalue weighted by Crippen LogP contribution is 2.18. The first-order valence-corrected chi connectivity index (χ1v) is 6.71. The van der Waals surface area contributed by atoms with E-state index >= 15 is 0 Å². The van der Waals surface area contributed by atoms with Gasteiger partial charge >= 0.3 is 0 Å². The number of carbonyl (C=O) groups excluding carboxylic acids is 1. The van der Waals surface area contributed by atoms with Crippen molar-refractivity contribution < 1.29 is 4.79 Å². The zero-order chi connectivity index (χ0) is 14.5. The molecule has 20 heavy (non-hydrogen) atoms. The summed E-state index contributed by atoms with van der Waals surface area (Å²) < 4.78 is 1.83. The van der Waals surface area contributed by atoms with Gasteiger partial charge in [0.05, 0.1) is 12.2 Å². The van der Waals surface area contributed by atoms with Crippen LogP contribution in [-0.2, 0) is 13.6 Å². The number of aryl methyl sites for hydroxylation is 2. The van der Waals surface area contributed by atoms with Crippen molar-refractivity contribution in [2.45, 2.75) is 20.4 Å². The third-order valence-electron chi connectivity index (χ3n) is 3.22. The van der Waals surface area contributed by atoms with Crippen LogP contribution in [0.3, 0.4) is 0 Å². The Bertz CT molecular complexity index is 604. The van der Waals surface area contributed by atoms with E-state index in [1.807, 2.05) is 49.8 Å². The van der Waals surface area contributed by atoms with E-state index in [0.29, 0.717) is 18.7 Å². The highest BCUT2D eigenvalue weighted by atomic mass is 16.1. The summed E-state index contributed by atoms with van der Waals surface area (Å²) in [5.41, 5.74) is 3.84. The minimum absolute atomic E-state index is 0.0453. The van der Waals surface area contributed by atoms with Crippen LogP contribution in [0.25, 0.3) is 0 Å². The molecule has 0 radical (unpaired) electrons. The third-order valence-corrected chi connectivity index (χ3v) is 3.22. The van der Waals surface area contributed by atoms with Crippen molar-refractivity contribution in [3.63, 3.8) is 0 Å². The van der Waals surface area contributed by atoms with Gasteiger partial charge in [-0.1, -0.05) is 6.07 Å². The molecule has 5 nitrogen and oxygen atoms in total. The largest absolute Gasteiger partial charge is 0.379 e. The average molecular weight is 272 g/mol. The van der Waals surface area contributed by atoms with Gasteiger partial charge in [0.2, 0.25) is 0 Å². The number of benzene rings is 1. The Morgan fingerprint density at radius 1 is 1.35 bits per heavy atom. The molecule has 1 amide bonds. The topological polar surface area (TPSA) is 59.0 Å². The monoisotopic (exact) mass is 272 g/mol. The van der Waals surface area contributed by atoms with Crippen LogP contribution in [0, 0.1) is 6.92 Å². The molecular formula is C15H20N4O. The first kappa shape index (κ1) is 14.1. The molecule has 0 atom stereocenters. The third kappa shape index (κ3) is 3.17. The number of carbonyl (C=O) groups is 1. The van der Waals surface area contributed by atoms with Crippen molar-refractivity contribution in [2.24, 2.45) is 7.05 Å². The van der Waals surface area contributed by atoms with Crippen LogP contribution < -0.4 is 10.6 Å². The first-order chi connectivity index (χ1) is 9.61. The predicted octanol–water partition coefficient (Wildman–Crippen LogP) is 2.09. The minimum atomic E-state index is -0.0453. The van der Waals surface area contributed by atoms with Crippen LogP contribution in [0.1, 0.15) is 28.5 Å². The number of amides is 1. The van der Waals surface area contributed by atoms with Gasteiger partial charge in [-0.2, -0.15) is 5.10 Å². The Morgan fingerprint density at radius 3 is 2.80 bits per heavy atom. The van der Waals surface area contributed by atoms with Crippen molar-refractivity contribution >= 4 is 11.6 Å². The normalized spacial score (nSPS) is 10.3. The molecule has 1 aromatic carbocycles. The highest BCUT2D eigenvalue weighted by molar-refractivity contribution is 5.95. The average Bonchev–Trinajstić information content (AvgIpc) is 2.83. The zero-order valence-corrected chi connectivity index (χ0v) is 12.1.